The third kappa shape index (κ3) is 5.59. The van der Waals surface area contributed by atoms with Crippen LogP contribution in [0.1, 0.15) is 30.9 Å². The summed E-state index contributed by atoms with van der Waals surface area (Å²) in [6.45, 7) is 5.51. The van der Waals surface area contributed by atoms with Crippen LogP contribution < -0.4 is 5.32 Å². The van der Waals surface area contributed by atoms with Gasteiger partial charge in [0.15, 0.2) is 0 Å². The number of hydrogen-bond acceptors (Lipinski definition) is 2. The van der Waals surface area contributed by atoms with Crippen molar-refractivity contribution in [3.05, 3.63) is 82.4 Å². The molecule has 2 aromatic rings. The molecule has 0 saturated heterocycles. The van der Waals surface area contributed by atoms with Crippen molar-refractivity contribution in [2.24, 2.45) is 0 Å². The Kier molecular flexibility index (Phi) is 7.02. The first-order valence-electron chi connectivity index (χ1n) is 8.28. The van der Waals surface area contributed by atoms with E-state index >= 15 is 0 Å². The second kappa shape index (κ2) is 9.24. The maximum Gasteiger partial charge on any atom is 0.258 e. The number of carbonyl (C=O) groups excluding carboxylic acids is 2. The van der Waals surface area contributed by atoms with Crippen molar-refractivity contribution in [2.75, 3.05) is 0 Å². The predicted octanol–water partition coefficient (Wildman–Crippen LogP) is 5.16. The molecule has 140 valence electrons. The standard InChI is InChI=1S/C21H18ClF2NO2/c1-3-4-13(2)20(26)25-21(27)18(11-14-5-7-15(22)8-6-14)17-10-9-16(23)12-19(17)24/h5-12H,2-4H2,1H3,(H,25,26,27)/b18-11+. The molecule has 0 aliphatic carbocycles. The van der Waals surface area contributed by atoms with Crippen molar-refractivity contribution in [1.29, 1.82) is 0 Å². The molecule has 2 rings (SSSR count). The summed E-state index contributed by atoms with van der Waals surface area (Å²) in [6, 6.07) is 9.35. The van der Waals surface area contributed by atoms with Crippen molar-refractivity contribution in [3.8, 4) is 0 Å². The van der Waals surface area contributed by atoms with Gasteiger partial charge in [-0.05, 0) is 42.3 Å². The number of carbonyl (C=O) groups is 2. The molecule has 0 aliphatic heterocycles. The molecule has 27 heavy (non-hydrogen) atoms. The van der Waals surface area contributed by atoms with Gasteiger partial charge in [-0.25, -0.2) is 8.78 Å². The van der Waals surface area contributed by atoms with E-state index in [-0.39, 0.29) is 16.7 Å². The number of imide groups is 1. The zero-order chi connectivity index (χ0) is 20.0. The zero-order valence-electron chi connectivity index (χ0n) is 14.7. The Morgan fingerprint density at radius 2 is 1.78 bits per heavy atom. The summed E-state index contributed by atoms with van der Waals surface area (Å²) in [6.07, 6.45) is 2.53. The van der Waals surface area contributed by atoms with Gasteiger partial charge in [0, 0.05) is 22.2 Å². The van der Waals surface area contributed by atoms with Gasteiger partial charge >= 0.3 is 0 Å². The van der Waals surface area contributed by atoms with Gasteiger partial charge in [-0.2, -0.15) is 0 Å². The Morgan fingerprint density at radius 1 is 1.11 bits per heavy atom. The second-order valence-electron chi connectivity index (χ2n) is 5.87. The molecule has 1 N–H and O–H groups in total. The lowest BCUT2D eigenvalue weighted by molar-refractivity contribution is -0.125. The molecular formula is C21H18ClF2NO2. The number of benzene rings is 2. The van der Waals surface area contributed by atoms with Crippen LogP contribution in [0.3, 0.4) is 0 Å². The van der Waals surface area contributed by atoms with E-state index in [0.29, 0.717) is 29.5 Å². The molecular weight excluding hydrogens is 372 g/mol. The quantitative estimate of drug-likeness (QED) is 0.548. The Balaban J connectivity index is 2.43. The van der Waals surface area contributed by atoms with Crippen molar-refractivity contribution in [3.63, 3.8) is 0 Å². The van der Waals surface area contributed by atoms with Gasteiger partial charge in [-0.3, -0.25) is 14.9 Å². The molecule has 2 amide bonds. The van der Waals surface area contributed by atoms with Crippen LogP contribution in [0.25, 0.3) is 11.6 Å². The van der Waals surface area contributed by atoms with Crippen molar-refractivity contribution in [2.45, 2.75) is 19.8 Å². The summed E-state index contributed by atoms with van der Waals surface area (Å²) in [5, 5.41) is 2.70. The van der Waals surface area contributed by atoms with E-state index in [4.69, 9.17) is 11.6 Å². The van der Waals surface area contributed by atoms with E-state index in [2.05, 4.69) is 11.9 Å². The lowest BCUT2D eigenvalue weighted by Crippen LogP contribution is -2.32. The Hall–Kier alpha value is -2.79. The lowest BCUT2D eigenvalue weighted by Gasteiger charge is -2.11. The van der Waals surface area contributed by atoms with Gasteiger partial charge < -0.3 is 0 Å². The molecule has 0 fully saturated rings. The normalized spacial score (nSPS) is 11.2. The Morgan fingerprint density at radius 3 is 2.37 bits per heavy atom. The van der Waals surface area contributed by atoms with Crippen LogP contribution in [0.4, 0.5) is 8.78 Å². The van der Waals surface area contributed by atoms with E-state index < -0.39 is 23.4 Å². The molecule has 0 aromatic heterocycles. The summed E-state index contributed by atoms with van der Waals surface area (Å²) < 4.78 is 27.5. The fraction of sp³-hybridized carbons (Fsp3) is 0.143. The molecule has 3 nitrogen and oxygen atoms in total. The third-order valence-electron chi connectivity index (χ3n) is 3.75. The lowest BCUT2D eigenvalue weighted by atomic mass is 10.0. The molecule has 0 aliphatic rings. The average molecular weight is 390 g/mol. The minimum atomic E-state index is -0.912. The Labute approximate surface area is 161 Å². The topological polar surface area (TPSA) is 46.2 Å². The molecule has 0 heterocycles. The first-order chi connectivity index (χ1) is 12.8. The van der Waals surface area contributed by atoms with Crippen LogP contribution in [0.5, 0.6) is 0 Å². The van der Waals surface area contributed by atoms with Crippen LogP contribution in [0, 0.1) is 11.6 Å². The molecule has 0 spiro atoms. The number of nitrogens with one attached hydrogen (secondary N) is 1. The van der Waals surface area contributed by atoms with Crippen LogP contribution in [-0.2, 0) is 9.59 Å². The minimum absolute atomic E-state index is 0.118. The smallest absolute Gasteiger partial charge is 0.258 e. The van der Waals surface area contributed by atoms with Gasteiger partial charge in [-0.1, -0.05) is 43.7 Å². The predicted molar refractivity (Wildman–Crippen MR) is 103 cm³/mol. The summed E-state index contributed by atoms with van der Waals surface area (Å²) in [4.78, 5) is 24.7. The van der Waals surface area contributed by atoms with Crippen LogP contribution >= 0.6 is 11.6 Å². The first kappa shape index (κ1) is 20.5. The fourth-order valence-electron chi connectivity index (χ4n) is 2.37. The molecule has 0 saturated carbocycles. The van der Waals surface area contributed by atoms with Crippen molar-refractivity contribution < 1.29 is 18.4 Å². The van der Waals surface area contributed by atoms with Crippen LogP contribution in [0.2, 0.25) is 5.02 Å². The van der Waals surface area contributed by atoms with E-state index in [9.17, 15) is 18.4 Å². The summed E-state index contributed by atoms with van der Waals surface area (Å²) in [5.74, 6) is -3.12. The Bertz CT molecular complexity index is 905. The zero-order valence-corrected chi connectivity index (χ0v) is 15.4. The molecule has 6 heteroatoms. The highest BCUT2D eigenvalue weighted by atomic mass is 35.5. The summed E-state index contributed by atoms with van der Waals surface area (Å²) >= 11 is 5.85. The van der Waals surface area contributed by atoms with Gasteiger partial charge in [0.25, 0.3) is 11.8 Å². The minimum Gasteiger partial charge on any atom is -0.288 e. The highest BCUT2D eigenvalue weighted by molar-refractivity contribution is 6.31. The molecule has 0 radical (unpaired) electrons. The summed E-state index contributed by atoms with van der Waals surface area (Å²) in [5.41, 5.74) is 0.564. The van der Waals surface area contributed by atoms with Gasteiger partial charge in [0.05, 0.1) is 5.57 Å². The molecule has 0 unspecified atom stereocenters. The number of amides is 2. The largest absolute Gasteiger partial charge is 0.288 e. The number of rotatable bonds is 6. The third-order valence-corrected chi connectivity index (χ3v) is 4.00. The molecule has 2 aromatic carbocycles. The molecule has 0 atom stereocenters. The number of halogens is 3. The highest BCUT2D eigenvalue weighted by Crippen LogP contribution is 2.23. The monoisotopic (exact) mass is 389 g/mol. The second-order valence-corrected chi connectivity index (χ2v) is 6.31. The maximum atomic E-state index is 14.3. The first-order valence-corrected chi connectivity index (χ1v) is 8.65. The fourth-order valence-corrected chi connectivity index (χ4v) is 2.50. The number of hydrogen-bond donors (Lipinski definition) is 1. The SMILES string of the molecule is C=C(CCC)C(=O)NC(=O)/C(=C/c1ccc(Cl)cc1)c1ccc(F)cc1F. The van der Waals surface area contributed by atoms with Gasteiger partial charge in [0.2, 0.25) is 0 Å². The van der Waals surface area contributed by atoms with E-state index in [1.165, 1.54) is 6.08 Å². The van der Waals surface area contributed by atoms with Crippen molar-refractivity contribution in [1.82, 2.24) is 5.32 Å². The average Bonchev–Trinajstić information content (AvgIpc) is 2.62. The maximum absolute atomic E-state index is 14.3. The van der Waals surface area contributed by atoms with Crippen LogP contribution in [-0.4, -0.2) is 11.8 Å². The van der Waals surface area contributed by atoms with Crippen molar-refractivity contribution >= 4 is 35.1 Å². The van der Waals surface area contributed by atoms with Gasteiger partial charge in [0.1, 0.15) is 11.6 Å². The van der Waals surface area contributed by atoms with E-state index in [0.717, 1.165) is 12.1 Å². The van der Waals surface area contributed by atoms with Gasteiger partial charge in [-0.15, -0.1) is 0 Å². The van der Waals surface area contributed by atoms with E-state index in [1.807, 2.05) is 6.92 Å². The van der Waals surface area contributed by atoms with E-state index in [1.54, 1.807) is 24.3 Å². The molecule has 0 bridgehead atoms. The summed E-state index contributed by atoms with van der Waals surface area (Å²) in [7, 11) is 0. The van der Waals surface area contributed by atoms with Crippen LogP contribution in [0.15, 0.2) is 54.6 Å². The highest BCUT2D eigenvalue weighted by Gasteiger charge is 2.20.